The van der Waals surface area contributed by atoms with Crippen LogP contribution >= 0.6 is 0 Å². The van der Waals surface area contributed by atoms with Crippen LogP contribution in [0.2, 0.25) is 0 Å². The van der Waals surface area contributed by atoms with Crippen LogP contribution < -0.4 is 15.4 Å². The van der Waals surface area contributed by atoms with Crippen LogP contribution in [0.5, 0.6) is 0 Å². The maximum atomic E-state index is 12.0. The summed E-state index contributed by atoms with van der Waals surface area (Å²) >= 11 is 0. The maximum Gasteiger partial charge on any atom is 0.236 e. The number of carbonyl (C=O) groups excluding carboxylic acids is 1. The molecule has 21 heavy (non-hydrogen) atoms. The van der Waals surface area contributed by atoms with Gasteiger partial charge in [-0.15, -0.1) is 0 Å². The molecule has 0 spiro atoms. The van der Waals surface area contributed by atoms with Crippen molar-refractivity contribution in [1.29, 1.82) is 0 Å². The minimum absolute atomic E-state index is 0.00431. The first-order valence-electron chi connectivity index (χ1n) is 7.95. The van der Waals surface area contributed by atoms with E-state index < -0.39 is 21.7 Å². The predicted molar refractivity (Wildman–Crippen MR) is 82.4 cm³/mol. The second-order valence-electron chi connectivity index (χ2n) is 6.44. The first-order chi connectivity index (χ1) is 9.94. The molecule has 0 aromatic heterocycles. The maximum absolute atomic E-state index is 12.0. The van der Waals surface area contributed by atoms with Gasteiger partial charge in [0.15, 0.2) is 0 Å². The summed E-state index contributed by atoms with van der Waals surface area (Å²) in [5, 5.41) is 5.99. The third-order valence-corrected chi connectivity index (χ3v) is 5.68. The van der Waals surface area contributed by atoms with Crippen LogP contribution in [-0.2, 0) is 14.8 Å². The summed E-state index contributed by atoms with van der Waals surface area (Å²) in [4.78, 5) is 11.9. The van der Waals surface area contributed by atoms with E-state index in [4.69, 9.17) is 0 Å². The van der Waals surface area contributed by atoms with Crippen molar-refractivity contribution in [1.82, 2.24) is 15.4 Å². The zero-order chi connectivity index (χ0) is 15.3. The number of sulfonamides is 1. The monoisotopic (exact) mass is 317 g/mol. The van der Waals surface area contributed by atoms with Crippen molar-refractivity contribution in [2.75, 3.05) is 18.8 Å². The Kier molecular flexibility index (Phi) is 6.01. The van der Waals surface area contributed by atoms with Gasteiger partial charge in [0.2, 0.25) is 15.9 Å². The third kappa shape index (κ3) is 5.92. The average Bonchev–Trinajstić information content (AvgIpc) is 2.41. The lowest BCUT2D eigenvalue weighted by Gasteiger charge is -2.27. The van der Waals surface area contributed by atoms with Crippen LogP contribution in [0.25, 0.3) is 0 Å². The van der Waals surface area contributed by atoms with Gasteiger partial charge in [-0.05, 0) is 51.0 Å². The van der Waals surface area contributed by atoms with Crippen molar-refractivity contribution in [2.45, 2.75) is 57.5 Å². The molecule has 3 N–H and O–H groups in total. The van der Waals surface area contributed by atoms with E-state index in [0.717, 1.165) is 51.6 Å². The number of rotatable bonds is 5. The van der Waals surface area contributed by atoms with E-state index in [1.165, 1.54) is 0 Å². The molecule has 6 nitrogen and oxygen atoms in total. The van der Waals surface area contributed by atoms with Crippen LogP contribution in [-0.4, -0.2) is 45.3 Å². The number of carbonyl (C=O) groups is 1. The van der Waals surface area contributed by atoms with Crippen LogP contribution in [0, 0.1) is 5.92 Å². The Bertz CT molecular complexity index is 438. The zero-order valence-electron chi connectivity index (χ0n) is 12.7. The smallest absolute Gasteiger partial charge is 0.236 e. The van der Waals surface area contributed by atoms with Crippen LogP contribution in [0.3, 0.4) is 0 Å². The standard InChI is InChI=1S/C14H27N3O3S/c1-11-4-6-12(7-5-11)17-21(19,20)10-14(18)16-13-3-2-8-15-9-13/h11-13,15,17H,2-10H2,1H3,(H,16,18). The Balaban J connectivity index is 1.75. The van der Waals surface area contributed by atoms with E-state index in [1.807, 2.05) is 0 Å². The van der Waals surface area contributed by atoms with Crippen molar-refractivity contribution < 1.29 is 13.2 Å². The molecule has 0 aromatic carbocycles. The molecule has 1 heterocycles. The molecule has 1 amide bonds. The average molecular weight is 317 g/mol. The van der Waals surface area contributed by atoms with Crippen LogP contribution in [0.4, 0.5) is 0 Å². The number of hydrogen-bond donors (Lipinski definition) is 3. The molecular weight excluding hydrogens is 290 g/mol. The van der Waals surface area contributed by atoms with Crippen molar-refractivity contribution >= 4 is 15.9 Å². The molecule has 1 saturated carbocycles. The van der Waals surface area contributed by atoms with E-state index in [-0.39, 0.29) is 12.1 Å². The summed E-state index contributed by atoms with van der Waals surface area (Å²) in [6.07, 6.45) is 5.76. The highest BCUT2D eigenvalue weighted by molar-refractivity contribution is 7.90. The fraction of sp³-hybridized carbons (Fsp3) is 0.929. The lowest BCUT2D eigenvalue weighted by molar-refractivity contribution is -0.119. The highest BCUT2D eigenvalue weighted by atomic mass is 32.2. The summed E-state index contributed by atoms with van der Waals surface area (Å²) in [6, 6.07) is 0.0485. The van der Waals surface area contributed by atoms with Gasteiger partial charge < -0.3 is 10.6 Å². The number of nitrogens with one attached hydrogen (secondary N) is 3. The summed E-state index contributed by atoms with van der Waals surface area (Å²) in [7, 11) is -3.53. The van der Waals surface area contributed by atoms with Crippen LogP contribution in [0.15, 0.2) is 0 Å². The molecule has 0 aromatic rings. The Morgan fingerprint density at radius 1 is 1.14 bits per heavy atom. The lowest BCUT2D eigenvalue weighted by atomic mass is 9.88. The number of piperidine rings is 1. The molecule has 1 saturated heterocycles. The Hall–Kier alpha value is -0.660. The van der Waals surface area contributed by atoms with E-state index in [0.29, 0.717) is 5.92 Å². The molecule has 122 valence electrons. The van der Waals surface area contributed by atoms with Gasteiger partial charge in [0.05, 0.1) is 0 Å². The Morgan fingerprint density at radius 2 is 1.86 bits per heavy atom. The van der Waals surface area contributed by atoms with E-state index >= 15 is 0 Å². The van der Waals surface area contributed by atoms with Crippen molar-refractivity contribution in [3.05, 3.63) is 0 Å². The van der Waals surface area contributed by atoms with Gasteiger partial charge in [0, 0.05) is 18.6 Å². The third-order valence-electron chi connectivity index (χ3n) is 4.35. The molecule has 2 rings (SSSR count). The number of hydrogen-bond acceptors (Lipinski definition) is 4. The van der Waals surface area contributed by atoms with Gasteiger partial charge in [-0.3, -0.25) is 4.79 Å². The van der Waals surface area contributed by atoms with E-state index in [2.05, 4.69) is 22.3 Å². The Morgan fingerprint density at radius 3 is 2.48 bits per heavy atom. The molecule has 1 aliphatic carbocycles. The molecule has 1 atom stereocenters. The second kappa shape index (κ2) is 7.56. The quantitative estimate of drug-likeness (QED) is 0.683. The van der Waals surface area contributed by atoms with Gasteiger partial charge in [-0.25, -0.2) is 13.1 Å². The molecule has 1 aliphatic heterocycles. The predicted octanol–water partition coefficient (Wildman–Crippen LogP) is 0.353. The van der Waals surface area contributed by atoms with Gasteiger partial charge in [0.25, 0.3) is 0 Å². The van der Waals surface area contributed by atoms with Gasteiger partial charge in [-0.1, -0.05) is 6.92 Å². The summed E-state index contributed by atoms with van der Waals surface area (Å²) in [5.74, 6) is -0.191. The highest BCUT2D eigenvalue weighted by Crippen LogP contribution is 2.23. The topological polar surface area (TPSA) is 87.3 Å². The number of amides is 1. The molecule has 0 bridgehead atoms. The normalized spacial score (nSPS) is 30.8. The van der Waals surface area contributed by atoms with Gasteiger partial charge in [-0.2, -0.15) is 0 Å². The fourth-order valence-electron chi connectivity index (χ4n) is 3.09. The SMILES string of the molecule is CC1CCC(NS(=O)(=O)CC(=O)NC2CCCNC2)CC1. The lowest BCUT2D eigenvalue weighted by Crippen LogP contribution is -2.49. The molecule has 1 unspecified atom stereocenters. The van der Waals surface area contributed by atoms with Crippen molar-refractivity contribution in [2.24, 2.45) is 5.92 Å². The van der Waals surface area contributed by atoms with Gasteiger partial charge >= 0.3 is 0 Å². The zero-order valence-corrected chi connectivity index (χ0v) is 13.5. The largest absolute Gasteiger partial charge is 0.351 e. The van der Waals surface area contributed by atoms with Crippen LogP contribution in [0.1, 0.15) is 45.4 Å². The van der Waals surface area contributed by atoms with Gasteiger partial charge in [0.1, 0.15) is 5.75 Å². The highest BCUT2D eigenvalue weighted by Gasteiger charge is 2.25. The summed E-state index contributed by atoms with van der Waals surface area (Å²) in [5.41, 5.74) is 0. The fourth-order valence-corrected chi connectivity index (χ4v) is 4.35. The Labute approximate surface area is 127 Å². The van der Waals surface area contributed by atoms with E-state index in [1.54, 1.807) is 0 Å². The molecule has 7 heteroatoms. The minimum atomic E-state index is -3.53. The summed E-state index contributed by atoms with van der Waals surface area (Å²) < 4.78 is 26.8. The minimum Gasteiger partial charge on any atom is -0.351 e. The second-order valence-corrected chi connectivity index (χ2v) is 8.20. The molecule has 2 fully saturated rings. The van der Waals surface area contributed by atoms with E-state index in [9.17, 15) is 13.2 Å². The molecular formula is C14H27N3O3S. The molecule has 0 radical (unpaired) electrons. The van der Waals surface area contributed by atoms with Crippen molar-refractivity contribution in [3.8, 4) is 0 Å². The summed E-state index contributed by atoms with van der Waals surface area (Å²) in [6.45, 7) is 3.88. The first kappa shape index (κ1) is 16.7. The van der Waals surface area contributed by atoms with Crippen molar-refractivity contribution in [3.63, 3.8) is 0 Å². The molecule has 2 aliphatic rings. The first-order valence-corrected chi connectivity index (χ1v) is 9.60.